The van der Waals surface area contributed by atoms with E-state index in [2.05, 4.69) is 15.5 Å². The molecular weight excluding hydrogens is 298 g/mol. The molecule has 0 saturated carbocycles. The Balaban J connectivity index is 1.66. The van der Waals surface area contributed by atoms with Gasteiger partial charge in [0.2, 0.25) is 5.91 Å². The van der Waals surface area contributed by atoms with Gasteiger partial charge in [-0.25, -0.2) is 9.48 Å². The Morgan fingerprint density at radius 2 is 2.04 bits per heavy atom. The lowest BCUT2D eigenvalue weighted by molar-refractivity contribution is -0.151. The molecule has 120 valence electrons. The SMILES string of the molecule is O=C(O)C1Cc2ccccc2CN1C(=O)CCCn1cnnn1. The minimum Gasteiger partial charge on any atom is -0.480 e. The van der Waals surface area contributed by atoms with Gasteiger partial charge in [0.05, 0.1) is 0 Å². The number of hydrogen-bond donors (Lipinski definition) is 1. The average molecular weight is 315 g/mol. The van der Waals surface area contributed by atoms with Crippen LogP contribution >= 0.6 is 0 Å². The van der Waals surface area contributed by atoms with Gasteiger partial charge in [0.15, 0.2) is 0 Å². The molecule has 2 aromatic rings. The van der Waals surface area contributed by atoms with E-state index in [1.807, 2.05) is 24.3 Å². The zero-order valence-corrected chi connectivity index (χ0v) is 12.5. The number of carbonyl (C=O) groups excluding carboxylic acids is 1. The third-order valence-corrected chi connectivity index (χ3v) is 4.02. The number of tetrazole rings is 1. The monoisotopic (exact) mass is 315 g/mol. The molecule has 1 N–H and O–H groups in total. The molecule has 8 heteroatoms. The fourth-order valence-corrected chi connectivity index (χ4v) is 2.82. The Labute approximate surface area is 132 Å². The second-order valence-corrected chi connectivity index (χ2v) is 5.52. The molecule has 0 spiro atoms. The summed E-state index contributed by atoms with van der Waals surface area (Å²) in [5, 5.41) is 20.2. The predicted molar refractivity (Wildman–Crippen MR) is 79.2 cm³/mol. The molecule has 1 aliphatic heterocycles. The first-order valence-corrected chi connectivity index (χ1v) is 7.45. The Kier molecular flexibility index (Phi) is 4.31. The normalized spacial score (nSPS) is 16.9. The van der Waals surface area contributed by atoms with Gasteiger partial charge in [0.1, 0.15) is 12.4 Å². The van der Waals surface area contributed by atoms with Gasteiger partial charge in [-0.3, -0.25) is 4.79 Å². The summed E-state index contributed by atoms with van der Waals surface area (Å²) in [5.41, 5.74) is 2.01. The number of hydrogen-bond acceptors (Lipinski definition) is 5. The number of carbonyl (C=O) groups is 2. The zero-order valence-electron chi connectivity index (χ0n) is 12.5. The molecule has 23 heavy (non-hydrogen) atoms. The molecule has 1 unspecified atom stereocenters. The fourth-order valence-electron chi connectivity index (χ4n) is 2.82. The Hall–Kier alpha value is -2.77. The van der Waals surface area contributed by atoms with E-state index in [1.54, 1.807) is 4.68 Å². The summed E-state index contributed by atoms with van der Waals surface area (Å²) < 4.78 is 1.55. The van der Waals surface area contributed by atoms with E-state index in [-0.39, 0.29) is 12.3 Å². The van der Waals surface area contributed by atoms with Crippen LogP contribution < -0.4 is 0 Å². The number of aromatic nitrogens is 4. The van der Waals surface area contributed by atoms with Crippen LogP contribution in [0.3, 0.4) is 0 Å². The molecule has 0 aliphatic carbocycles. The highest BCUT2D eigenvalue weighted by Crippen LogP contribution is 2.24. The number of aliphatic carboxylic acids is 1. The molecule has 1 amide bonds. The molecule has 0 fully saturated rings. The van der Waals surface area contributed by atoms with Gasteiger partial charge in [-0.1, -0.05) is 24.3 Å². The summed E-state index contributed by atoms with van der Waals surface area (Å²) >= 11 is 0. The molecular formula is C15H17N5O3. The number of carboxylic acid groups (broad SMARTS) is 1. The summed E-state index contributed by atoms with van der Waals surface area (Å²) in [7, 11) is 0. The van der Waals surface area contributed by atoms with Gasteiger partial charge in [-0.05, 0) is 28.0 Å². The van der Waals surface area contributed by atoms with Gasteiger partial charge in [0, 0.05) is 25.9 Å². The van der Waals surface area contributed by atoms with Crippen LogP contribution in [0, 0.1) is 0 Å². The first-order chi connectivity index (χ1) is 11.1. The van der Waals surface area contributed by atoms with E-state index in [0.29, 0.717) is 25.9 Å². The Bertz CT molecular complexity index is 701. The highest BCUT2D eigenvalue weighted by atomic mass is 16.4. The van der Waals surface area contributed by atoms with E-state index >= 15 is 0 Å². The summed E-state index contributed by atoms with van der Waals surface area (Å²) in [6, 6.07) is 6.85. The van der Waals surface area contributed by atoms with Gasteiger partial charge >= 0.3 is 5.97 Å². The van der Waals surface area contributed by atoms with Gasteiger partial charge in [0.25, 0.3) is 0 Å². The molecule has 3 rings (SSSR count). The molecule has 1 aliphatic rings. The molecule has 0 saturated heterocycles. The van der Waals surface area contributed by atoms with E-state index < -0.39 is 12.0 Å². The summed E-state index contributed by atoms with van der Waals surface area (Å²) in [5.74, 6) is -1.12. The van der Waals surface area contributed by atoms with E-state index in [9.17, 15) is 14.7 Å². The third kappa shape index (κ3) is 3.36. The fraction of sp³-hybridized carbons (Fsp3) is 0.400. The average Bonchev–Trinajstić information content (AvgIpc) is 3.06. The first-order valence-electron chi connectivity index (χ1n) is 7.45. The van der Waals surface area contributed by atoms with Crippen molar-refractivity contribution in [2.24, 2.45) is 0 Å². The zero-order chi connectivity index (χ0) is 16.2. The van der Waals surface area contributed by atoms with Crippen LogP contribution in [0.5, 0.6) is 0 Å². The molecule has 0 bridgehead atoms. The van der Waals surface area contributed by atoms with Crippen molar-refractivity contribution in [3.05, 3.63) is 41.7 Å². The summed E-state index contributed by atoms with van der Waals surface area (Å²) in [4.78, 5) is 25.4. The largest absolute Gasteiger partial charge is 0.480 e. The lowest BCUT2D eigenvalue weighted by atomic mass is 9.93. The van der Waals surface area contributed by atoms with Crippen LogP contribution in [0.4, 0.5) is 0 Å². The van der Waals surface area contributed by atoms with Crippen LogP contribution in [0.1, 0.15) is 24.0 Å². The number of carboxylic acids is 1. The quantitative estimate of drug-likeness (QED) is 0.862. The molecule has 1 aromatic heterocycles. The highest BCUT2D eigenvalue weighted by molar-refractivity contribution is 5.84. The van der Waals surface area contributed by atoms with Crippen LogP contribution in [0.2, 0.25) is 0 Å². The van der Waals surface area contributed by atoms with Gasteiger partial charge in [-0.15, -0.1) is 5.10 Å². The van der Waals surface area contributed by atoms with Crippen molar-refractivity contribution in [3.63, 3.8) is 0 Å². The molecule has 1 aromatic carbocycles. The van der Waals surface area contributed by atoms with Crippen molar-refractivity contribution in [2.45, 2.75) is 38.4 Å². The van der Waals surface area contributed by atoms with E-state index in [1.165, 1.54) is 11.2 Å². The Morgan fingerprint density at radius 1 is 1.26 bits per heavy atom. The van der Waals surface area contributed by atoms with Gasteiger partial charge < -0.3 is 10.0 Å². The maximum atomic E-state index is 12.5. The van der Waals surface area contributed by atoms with Crippen LogP contribution in [0.25, 0.3) is 0 Å². The van der Waals surface area contributed by atoms with Gasteiger partial charge in [-0.2, -0.15) is 0 Å². The minimum absolute atomic E-state index is 0.153. The third-order valence-electron chi connectivity index (χ3n) is 4.02. The highest BCUT2D eigenvalue weighted by Gasteiger charge is 2.33. The topological polar surface area (TPSA) is 101 Å². The summed E-state index contributed by atoms with van der Waals surface area (Å²) in [6.07, 6.45) is 2.67. The molecule has 1 atom stereocenters. The van der Waals surface area contributed by atoms with Crippen molar-refractivity contribution >= 4 is 11.9 Å². The Morgan fingerprint density at radius 3 is 2.74 bits per heavy atom. The van der Waals surface area contributed by atoms with Crippen molar-refractivity contribution in [1.82, 2.24) is 25.1 Å². The summed E-state index contributed by atoms with van der Waals surface area (Å²) in [6.45, 7) is 0.873. The lowest BCUT2D eigenvalue weighted by Crippen LogP contribution is -2.48. The van der Waals surface area contributed by atoms with Crippen LogP contribution in [-0.4, -0.2) is 48.1 Å². The minimum atomic E-state index is -0.965. The van der Waals surface area contributed by atoms with Crippen molar-refractivity contribution in [3.8, 4) is 0 Å². The number of amides is 1. The van der Waals surface area contributed by atoms with E-state index in [0.717, 1.165) is 11.1 Å². The molecule has 2 heterocycles. The molecule has 8 nitrogen and oxygen atoms in total. The number of nitrogens with zero attached hydrogens (tertiary/aromatic N) is 5. The van der Waals surface area contributed by atoms with E-state index in [4.69, 9.17) is 0 Å². The van der Waals surface area contributed by atoms with Crippen LogP contribution in [0.15, 0.2) is 30.6 Å². The van der Waals surface area contributed by atoms with Crippen LogP contribution in [-0.2, 0) is 29.1 Å². The van der Waals surface area contributed by atoms with Crippen molar-refractivity contribution in [1.29, 1.82) is 0 Å². The maximum absolute atomic E-state index is 12.5. The molecule has 0 radical (unpaired) electrons. The number of aryl methyl sites for hydroxylation is 1. The predicted octanol–water partition coefficient (Wildman–Crippen LogP) is 0.491. The number of fused-ring (bicyclic) bond motifs is 1. The van der Waals surface area contributed by atoms with Crippen molar-refractivity contribution in [2.75, 3.05) is 0 Å². The second kappa shape index (κ2) is 6.55. The van der Waals surface area contributed by atoms with Crippen molar-refractivity contribution < 1.29 is 14.7 Å². The first kappa shape index (κ1) is 15.1. The smallest absolute Gasteiger partial charge is 0.326 e. The lowest BCUT2D eigenvalue weighted by Gasteiger charge is -2.34. The maximum Gasteiger partial charge on any atom is 0.326 e. The number of benzene rings is 1. The standard InChI is InChI=1S/C15H17N5O3/c21-14(6-3-7-19-10-16-17-18-19)20-9-12-5-2-1-4-11(12)8-13(20)15(22)23/h1-2,4-5,10,13H,3,6-9H2,(H,22,23). The second-order valence-electron chi connectivity index (χ2n) is 5.52. The number of rotatable bonds is 5.